The first kappa shape index (κ1) is 23.8. The average Bonchev–Trinajstić information content (AvgIpc) is 3.54. The lowest BCUT2D eigenvalue weighted by atomic mass is 10.0. The van der Waals surface area contributed by atoms with Crippen molar-refractivity contribution in [2.75, 3.05) is 26.4 Å². The highest BCUT2D eigenvalue weighted by Crippen LogP contribution is 2.23. The number of hydrogen-bond acceptors (Lipinski definition) is 6. The number of epoxide rings is 1. The molecule has 1 aliphatic rings. The summed E-state index contributed by atoms with van der Waals surface area (Å²) in [5, 5.41) is 5.55. The normalized spacial score (nSPS) is 18.3. The maximum absolute atomic E-state index is 12.7. The van der Waals surface area contributed by atoms with E-state index in [9.17, 15) is 14.4 Å². The Morgan fingerprint density at radius 3 is 2.50 bits per heavy atom. The molecule has 8 nitrogen and oxygen atoms in total. The van der Waals surface area contributed by atoms with Crippen LogP contribution in [0, 0.1) is 0 Å². The van der Waals surface area contributed by atoms with Gasteiger partial charge in [-0.2, -0.15) is 0 Å². The van der Waals surface area contributed by atoms with Crippen LogP contribution in [0.2, 0.25) is 0 Å². The van der Waals surface area contributed by atoms with Gasteiger partial charge in [-0.25, -0.2) is 4.79 Å². The summed E-state index contributed by atoms with van der Waals surface area (Å²) in [4.78, 5) is 36.8. The van der Waals surface area contributed by atoms with Crippen molar-refractivity contribution in [3.8, 4) is 0 Å². The Bertz CT molecular complexity index is 681. The van der Waals surface area contributed by atoms with Crippen molar-refractivity contribution in [1.82, 2.24) is 10.6 Å². The fraction of sp³-hybridized carbons (Fsp3) is 0.591. The number of carbonyl (C=O) groups excluding carboxylic acids is 3. The van der Waals surface area contributed by atoms with Crippen LogP contribution in [0.4, 0.5) is 0 Å². The molecular formula is C22H32N2O6. The summed E-state index contributed by atoms with van der Waals surface area (Å²) in [5.74, 6) is -1.34. The molecule has 2 N–H and O–H groups in total. The van der Waals surface area contributed by atoms with Crippen LogP contribution in [0.1, 0.15) is 38.7 Å². The molecule has 1 aromatic rings. The molecule has 1 heterocycles. The predicted octanol–water partition coefficient (Wildman–Crippen LogP) is 1.37. The summed E-state index contributed by atoms with van der Waals surface area (Å²) in [5.41, 5.74) is 0.916. The predicted molar refractivity (Wildman–Crippen MR) is 111 cm³/mol. The topological polar surface area (TPSA) is 106 Å². The Balaban J connectivity index is 1.85. The number of rotatable bonds is 14. The lowest BCUT2D eigenvalue weighted by Gasteiger charge is -2.18. The van der Waals surface area contributed by atoms with E-state index in [0.717, 1.165) is 25.0 Å². The van der Waals surface area contributed by atoms with Crippen molar-refractivity contribution in [3.05, 3.63) is 35.9 Å². The fourth-order valence-electron chi connectivity index (χ4n) is 2.89. The number of hydrogen-bond donors (Lipinski definition) is 2. The highest BCUT2D eigenvalue weighted by Gasteiger charge is 2.52. The molecule has 0 aliphatic carbocycles. The van der Waals surface area contributed by atoms with E-state index >= 15 is 0 Å². The third-order valence-electron chi connectivity index (χ3n) is 4.59. The van der Waals surface area contributed by atoms with E-state index in [1.165, 1.54) is 0 Å². The summed E-state index contributed by atoms with van der Waals surface area (Å²) in [6.45, 7) is 5.76. The molecule has 0 aromatic heterocycles. The highest BCUT2D eigenvalue weighted by atomic mass is 16.6. The number of amides is 2. The van der Waals surface area contributed by atoms with Gasteiger partial charge in [-0.05, 0) is 25.3 Å². The first-order chi connectivity index (χ1) is 14.6. The number of ether oxygens (including phenoxy) is 3. The first-order valence-electron chi connectivity index (χ1n) is 10.6. The minimum atomic E-state index is -0.915. The molecule has 1 aliphatic heterocycles. The lowest BCUT2D eigenvalue weighted by molar-refractivity contribution is -0.144. The lowest BCUT2D eigenvalue weighted by Crippen LogP contribution is -2.49. The number of esters is 1. The van der Waals surface area contributed by atoms with Crippen LogP contribution in [0.3, 0.4) is 0 Å². The van der Waals surface area contributed by atoms with Crippen LogP contribution < -0.4 is 10.6 Å². The van der Waals surface area contributed by atoms with Crippen molar-refractivity contribution in [2.24, 2.45) is 0 Å². The van der Waals surface area contributed by atoms with Crippen LogP contribution in [-0.4, -0.2) is 62.4 Å². The average molecular weight is 421 g/mol. The van der Waals surface area contributed by atoms with E-state index in [2.05, 4.69) is 17.6 Å². The van der Waals surface area contributed by atoms with Crippen LogP contribution in [0.5, 0.6) is 0 Å². The first-order valence-corrected chi connectivity index (χ1v) is 10.6. The number of benzene rings is 1. The van der Waals surface area contributed by atoms with Gasteiger partial charge >= 0.3 is 5.97 Å². The van der Waals surface area contributed by atoms with Gasteiger partial charge in [-0.1, -0.05) is 43.7 Å². The second kappa shape index (κ2) is 13.0. The van der Waals surface area contributed by atoms with Crippen molar-refractivity contribution in [3.63, 3.8) is 0 Å². The Morgan fingerprint density at radius 1 is 1.07 bits per heavy atom. The summed E-state index contributed by atoms with van der Waals surface area (Å²) in [6, 6.07) is 8.65. The molecule has 2 rings (SSSR count). The molecule has 2 amide bonds. The largest absolute Gasteiger partial charge is 0.464 e. The van der Waals surface area contributed by atoms with Crippen molar-refractivity contribution >= 4 is 17.8 Å². The molecule has 1 saturated heterocycles. The fourth-order valence-corrected chi connectivity index (χ4v) is 2.89. The maximum Gasteiger partial charge on any atom is 0.338 e. The molecule has 0 unspecified atom stereocenters. The molecule has 0 saturated carbocycles. The molecule has 8 heteroatoms. The van der Waals surface area contributed by atoms with Crippen LogP contribution >= 0.6 is 0 Å². The minimum Gasteiger partial charge on any atom is -0.464 e. The minimum absolute atomic E-state index is 0.216. The van der Waals surface area contributed by atoms with Gasteiger partial charge in [0.1, 0.15) is 6.04 Å². The van der Waals surface area contributed by atoms with Crippen LogP contribution in [-0.2, 0) is 35.0 Å². The molecule has 1 fully saturated rings. The Morgan fingerprint density at radius 2 is 1.80 bits per heavy atom. The number of carbonyl (C=O) groups is 3. The van der Waals surface area contributed by atoms with Gasteiger partial charge in [0.15, 0.2) is 12.2 Å². The van der Waals surface area contributed by atoms with Crippen molar-refractivity contribution in [2.45, 2.75) is 57.8 Å². The van der Waals surface area contributed by atoms with Crippen LogP contribution in [0.15, 0.2) is 30.3 Å². The summed E-state index contributed by atoms with van der Waals surface area (Å²) in [7, 11) is 0. The summed E-state index contributed by atoms with van der Waals surface area (Å²) in [6.07, 6.45) is 1.32. The van der Waals surface area contributed by atoms with Gasteiger partial charge in [-0.3, -0.25) is 9.59 Å². The Kier molecular flexibility index (Phi) is 10.3. The molecule has 166 valence electrons. The van der Waals surface area contributed by atoms with Crippen molar-refractivity contribution < 1.29 is 28.6 Å². The zero-order valence-electron chi connectivity index (χ0n) is 17.7. The third-order valence-corrected chi connectivity index (χ3v) is 4.59. The van der Waals surface area contributed by atoms with Crippen molar-refractivity contribution in [1.29, 1.82) is 0 Å². The molecule has 3 atom stereocenters. The Labute approximate surface area is 177 Å². The second-order valence-electron chi connectivity index (χ2n) is 7.09. The molecule has 0 radical (unpaired) electrons. The van der Waals surface area contributed by atoms with E-state index in [1.54, 1.807) is 6.92 Å². The third kappa shape index (κ3) is 8.12. The summed E-state index contributed by atoms with van der Waals surface area (Å²) >= 11 is 0. The van der Waals surface area contributed by atoms with E-state index in [1.807, 2.05) is 30.3 Å². The van der Waals surface area contributed by atoms with Gasteiger partial charge in [0, 0.05) is 26.2 Å². The molecule has 0 bridgehead atoms. The number of unbranched alkanes of at least 4 members (excludes halogenated alkanes) is 1. The highest BCUT2D eigenvalue weighted by molar-refractivity contribution is 5.95. The van der Waals surface area contributed by atoms with E-state index in [4.69, 9.17) is 14.2 Å². The zero-order valence-corrected chi connectivity index (χ0v) is 17.7. The summed E-state index contributed by atoms with van der Waals surface area (Å²) < 4.78 is 15.5. The molecular weight excluding hydrogens is 388 g/mol. The van der Waals surface area contributed by atoms with E-state index in [0.29, 0.717) is 26.0 Å². The Hall–Kier alpha value is -2.45. The maximum atomic E-state index is 12.7. The van der Waals surface area contributed by atoms with Gasteiger partial charge in [0.05, 0.1) is 6.61 Å². The molecule has 1 aromatic carbocycles. The monoisotopic (exact) mass is 420 g/mol. The number of nitrogens with one attached hydrogen (secondary N) is 2. The van der Waals surface area contributed by atoms with Crippen LogP contribution in [0.25, 0.3) is 0 Å². The zero-order chi connectivity index (χ0) is 21.8. The van der Waals surface area contributed by atoms with Gasteiger partial charge in [0.2, 0.25) is 5.91 Å². The molecule has 0 spiro atoms. The SMILES string of the molecule is CCCCOCCCNC(=O)[C@H](Cc1ccccc1)NC(=O)[C@H]1O[C@@H]1C(=O)OCC. The second-order valence-corrected chi connectivity index (χ2v) is 7.09. The van der Waals surface area contributed by atoms with Gasteiger partial charge in [-0.15, -0.1) is 0 Å². The van der Waals surface area contributed by atoms with E-state index in [-0.39, 0.29) is 12.5 Å². The van der Waals surface area contributed by atoms with Gasteiger partial charge in [0.25, 0.3) is 5.91 Å². The quantitative estimate of drug-likeness (QED) is 0.267. The van der Waals surface area contributed by atoms with E-state index < -0.39 is 30.1 Å². The van der Waals surface area contributed by atoms with Gasteiger partial charge < -0.3 is 24.8 Å². The standard InChI is InChI=1S/C22H32N2O6/c1-3-5-13-28-14-9-12-23-20(25)17(15-16-10-7-6-8-11-16)24-21(26)18-19(30-18)22(27)29-4-2/h6-8,10-11,17-19H,3-5,9,12-15H2,1-2H3,(H,23,25)(H,24,26)/t17-,18-,19-/m0/s1. The molecule has 30 heavy (non-hydrogen) atoms. The smallest absolute Gasteiger partial charge is 0.338 e.